The number of aryl methyl sites for hydroxylation is 3. The topological polar surface area (TPSA) is 6.48 Å². The Labute approximate surface area is 428 Å². The second-order valence-electron chi connectivity index (χ2n) is 22.0. The maximum absolute atomic E-state index is 2.72. The number of benzene rings is 7. The molecule has 0 amide bonds. The van der Waals surface area contributed by atoms with E-state index in [4.69, 9.17) is 0 Å². The van der Waals surface area contributed by atoms with Crippen LogP contribution in [0.15, 0.2) is 132 Å². The van der Waals surface area contributed by atoms with Crippen LogP contribution in [0.4, 0.5) is 32.8 Å². The van der Waals surface area contributed by atoms with Gasteiger partial charge in [-0.3, -0.25) is 0 Å². The van der Waals surface area contributed by atoms with E-state index in [1.54, 1.807) is 0 Å². The van der Waals surface area contributed by atoms with Crippen LogP contribution >= 0.6 is 45.3 Å². The Balaban J connectivity index is 1.17. The lowest BCUT2D eigenvalue weighted by Crippen LogP contribution is -2.60. The molecule has 70 heavy (non-hydrogen) atoms. The number of fused-ring (bicyclic) bond motifs is 10. The molecule has 2 aliphatic heterocycles. The van der Waals surface area contributed by atoms with Gasteiger partial charge in [-0.2, -0.15) is 0 Å². The van der Waals surface area contributed by atoms with Crippen molar-refractivity contribution in [2.24, 2.45) is 0 Å². The van der Waals surface area contributed by atoms with E-state index in [0.717, 1.165) is 0 Å². The van der Waals surface area contributed by atoms with Crippen molar-refractivity contribution in [1.82, 2.24) is 0 Å². The van der Waals surface area contributed by atoms with Gasteiger partial charge in [0.2, 0.25) is 0 Å². The molecule has 7 heteroatoms. The summed E-state index contributed by atoms with van der Waals surface area (Å²) in [5.74, 6) is 0. The van der Waals surface area contributed by atoms with E-state index in [0.29, 0.717) is 0 Å². The zero-order valence-electron chi connectivity index (χ0n) is 41.8. The van der Waals surface area contributed by atoms with Crippen molar-refractivity contribution in [1.29, 1.82) is 0 Å². The molecule has 0 unspecified atom stereocenters. The van der Waals surface area contributed by atoms with Crippen LogP contribution in [0.1, 0.15) is 80.5 Å². The van der Waals surface area contributed by atoms with Gasteiger partial charge < -0.3 is 9.80 Å². The SMILES string of the molecule is Cc1cc2c3c(c1)N(c1c(C)ccc(-c4csc5ccccc45)c1C)c1sc4ccc(C(C)(C)C)cc4c1B3c1c(sc3ccc(C(C)(C)C)cc13)N2c1c(C)ccc(-c2csc3ccccc23)c1C. The summed E-state index contributed by atoms with van der Waals surface area (Å²) in [6, 6.07) is 47.0. The lowest BCUT2D eigenvalue weighted by atomic mass is 9.33. The third-order valence-electron chi connectivity index (χ3n) is 15.4. The number of nitrogens with zero attached hydrogens (tertiary/aromatic N) is 2. The van der Waals surface area contributed by atoms with Crippen LogP contribution in [0.2, 0.25) is 0 Å². The lowest BCUT2D eigenvalue weighted by molar-refractivity contribution is 0.591. The number of hydrogen-bond acceptors (Lipinski definition) is 6. The molecule has 2 aliphatic rings. The van der Waals surface area contributed by atoms with Crippen molar-refractivity contribution < 1.29 is 0 Å². The van der Waals surface area contributed by atoms with Gasteiger partial charge in [0.1, 0.15) is 0 Å². The predicted molar refractivity (Wildman–Crippen MR) is 314 cm³/mol. The van der Waals surface area contributed by atoms with E-state index >= 15 is 0 Å². The zero-order valence-corrected chi connectivity index (χ0v) is 45.1. The Morgan fingerprint density at radius 2 is 0.843 bits per heavy atom. The van der Waals surface area contributed by atoms with Gasteiger partial charge in [-0.05, 0) is 170 Å². The Bertz CT molecular complexity index is 3760. The van der Waals surface area contributed by atoms with Crippen LogP contribution in [-0.2, 0) is 10.8 Å². The summed E-state index contributed by atoms with van der Waals surface area (Å²) in [7, 11) is 0. The van der Waals surface area contributed by atoms with E-state index in [-0.39, 0.29) is 17.5 Å². The fourth-order valence-corrected chi connectivity index (χ4v) is 16.3. The van der Waals surface area contributed by atoms with Gasteiger partial charge in [-0.1, -0.05) is 126 Å². The summed E-state index contributed by atoms with van der Waals surface area (Å²) in [5.41, 5.74) is 23.7. The summed E-state index contributed by atoms with van der Waals surface area (Å²) in [4.78, 5) is 5.43. The largest absolute Gasteiger partial charge is 0.302 e. The molecule has 13 rings (SSSR count). The van der Waals surface area contributed by atoms with E-state index in [1.807, 2.05) is 45.3 Å². The molecule has 344 valence electrons. The summed E-state index contributed by atoms with van der Waals surface area (Å²) < 4.78 is 5.32. The van der Waals surface area contributed by atoms with Crippen LogP contribution in [0.25, 0.3) is 62.6 Å². The standard InChI is InChI=1S/C63H55BN2S4/c1-34-28-49-57-50(29-34)66(59-36(3)21-25-42(38(59)5)48-33-68-52-19-15-13-17-44(48)52)61-56(46-31-40(63(9,10)11)23-27-54(46)70-61)64(57)55-45-30-39(62(6,7)8)22-26-53(45)69-60(55)65(49)58-35(2)20-24-41(37(58)4)47-32-67-51-18-14-12-16-43(47)51/h12-33H,1-11H3. The van der Waals surface area contributed by atoms with Gasteiger partial charge in [0.05, 0.1) is 21.4 Å². The Morgan fingerprint density at radius 1 is 0.414 bits per heavy atom. The highest BCUT2D eigenvalue weighted by atomic mass is 32.1. The number of hydrogen-bond donors (Lipinski definition) is 0. The summed E-state index contributed by atoms with van der Waals surface area (Å²) >= 11 is 7.64. The average molecular weight is 979 g/mol. The van der Waals surface area contributed by atoms with Crippen LogP contribution in [0.3, 0.4) is 0 Å². The van der Waals surface area contributed by atoms with Gasteiger partial charge in [-0.25, -0.2) is 0 Å². The van der Waals surface area contributed by atoms with Gasteiger partial charge in [-0.15, -0.1) is 45.3 Å². The average Bonchev–Trinajstić information content (AvgIpc) is 4.13. The first-order chi connectivity index (χ1) is 33.6. The van der Waals surface area contributed by atoms with Gasteiger partial charge in [0.25, 0.3) is 6.71 Å². The molecule has 4 aromatic heterocycles. The molecule has 11 aromatic rings. The molecule has 0 aliphatic carbocycles. The number of thiophene rings is 4. The highest BCUT2D eigenvalue weighted by molar-refractivity contribution is 7.29. The van der Waals surface area contributed by atoms with E-state index in [9.17, 15) is 0 Å². The third kappa shape index (κ3) is 6.40. The predicted octanol–water partition coefficient (Wildman–Crippen LogP) is 18.1. The van der Waals surface area contributed by atoms with Crippen molar-refractivity contribution in [3.05, 3.63) is 171 Å². The summed E-state index contributed by atoms with van der Waals surface area (Å²) in [6.45, 7) is 25.9. The molecule has 0 spiro atoms. The van der Waals surface area contributed by atoms with Gasteiger partial charge in [0.15, 0.2) is 0 Å². The summed E-state index contributed by atoms with van der Waals surface area (Å²) in [5, 5.41) is 12.8. The van der Waals surface area contributed by atoms with E-state index < -0.39 is 0 Å². The first kappa shape index (κ1) is 44.0. The number of rotatable bonds is 4. The second kappa shape index (κ2) is 15.5. The molecule has 7 aromatic carbocycles. The fourth-order valence-electron chi connectivity index (χ4n) is 11.9. The fraction of sp³-hybridized carbons (Fsp3) is 0.206. The first-order valence-corrected chi connectivity index (χ1v) is 28.0. The molecule has 0 radical (unpaired) electrons. The van der Waals surface area contributed by atoms with Crippen molar-refractivity contribution >= 4 is 142 Å². The third-order valence-corrected chi connectivity index (χ3v) is 19.7. The molecule has 2 nitrogen and oxygen atoms in total. The molecule has 0 bridgehead atoms. The van der Waals surface area contributed by atoms with Crippen molar-refractivity contribution in [2.75, 3.05) is 9.80 Å². The molecule has 0 atom stereocenters. The van der Waals surface area contributed by atoms with Gasteiger partial charge >= 0.3 is 0 Å². The normalized spacial score (nSPS) is 13.6. The van der Waals surface area contributed by atoms with Crippen LogP contribution in [-0.4, -0.2) is 6.71 Å². The molecule has 6 heterocycles. The molecule has 0 N–H and O–H groups in total. The second-order valence-corrected chi connectivity index (χ2v) is 25.9. The van der Waals surface area contributed by atoms with E-state index in [2.05, 4.69) is 218 Å². The molecular weight excluding hydrogens is 924 g/mol. The molecule has 0 fully saturated rings. The molecular formula is C63H55BN2S4. The minimum absolute atomic E-state index is 0.00487. The maximum Gasteiger partial charge on any atom is 0.256 e. The quantitative estimate of drug-likeness (QED) is 0.162. The van der Waals surface area contributed by atoms with Gasteiger partial charge in [0, 0.05) is 52.1 Å². The summed E-state index contributed by atoms with van der Waals surface area (Å²) in [6.07, 6.45) is 0. The zero-order chi connectivity index (χ0) is 48.3. The van der Waals surface area contributed by atoms with Crippen LogP contribution in [0, 0.1) is 34.6 Å². The highest BCUT2D eigenvalue weighted by Crippen LogP contribution is 2.54. The Morgan fingerprint density at radius 3 is 1.27 bits per heavy atom. The molecule has 0 saturated heterocycles. The Hall–Kier alpha value is -5.96. The van der Waals surface area contributed by atoms with Crippen molar-refractivity contribution in [3.63, 3.8) is 0 Å². The Kier molecular flexibility index (Phi) is 9.76. The van der Waals surface area contributed by atoms with E-state index in [1.165, 1.54) is 151 Å². The van der Waals surface area contributed by atoms with Crippen LogP contribution < -0.4 is 26.2 Å². The molecule has 0 saturated carbocycles. The number of anilines is 6. The monoisotopic (exact) mass is 978 g/mol. The highest BCUT2D eigenvalue weighted by Gasteiger charge is 2.48. The maximum atomic E-state index is 2.72. The van der Waals surface area contributed by atoms with Crippen molar-refractivity contribution in [3.8, 4) is 22.3 Å². The minimum atomic E-state index is -0.0125. The minimum Gasteiger partial charge on any atom is -0.302 e. The first-order valence-electron chi connectivity index (χ1n) is 24.6. The van der Waals surface area contributed by atoms with Crippen LogP contribution in [0.5, 0.6) is 0 Å². The smallest absolute Gasteiger partial charge is 0.256 e. The van der Waals surface area contributed by atoms with Crippen molar-refractivity contribution in [2.45, 2.75) is 87.0 Å². The lowest BCUT2D eigenvalue weighted by Gasteiger charge is -2.43.